The van der Waals surface area contributed by atoms with Gasteiger partial charge in [0.25, 0.3) is 0 Å². The Bertz CT molecular complexity index is 228. The van der Waals surface area contributed by atoms with Gasteiger partial charge in [0.1, 0.15) is 6.54 Å². The van der Waals surface area contributed by atoms with Crippen LogP contribution in [0.25, 0.3) is 0 Å². The minimum Gasteiger partial charge on any atom is -0.357 e. The van der Waals surface area contributed by atoms with Gasteiger partial charge in [-0.25, -0.2) is 4.99 Å². The third-order valence-corrected chi connectivity index (χ3v) is 2.09. The zero-order valence-electron chi connectivity index (χ0n) is 10.8. The van der Waals surface area contributed by atoms with Crippen molar-refractivity contribution < 1.29 is 4.79 Å². The average molecular weight is 228 g/mol. The van der Waals surface area contributed by atoms with Crippen LogP contribution in [0.2, 0.25) is 0 Å². The van der Waals surface area contributed by atoms with E-state index in [4.69, 9.17) is 0 Å². The van der Waals surface area contributed by atoms with Crippen LogP contribution in [0.3, 0.4) is 0 Å². The summed E-state index contributed by atoms with van der Waals surface area (Å²) in [5, 5.41) is 9.04. The predicted molar refractivity (Wildman–Crippen MR) is 67.6 cm³/mol. The van der Waals surface area contributed by atoms with Gasteiger partial charge in [-0.15, -0.1) is 0 Å². The van der Waals surface area contributed by atoms with Gasteiger partial charge in [0, 0.05) is 19.1 Å². The van der Waals surface area contributed by atoms with E-state index >= 15 is 0 Å². The van der Waals surface area contributed by atoms with E-state index in [2.05, 4.69) is 34.8 Å². The fourth-order valence-corrected chi connectivity index (χ4v) is 1.06. The van der Waals surface area contributed by atoms with Gasteiger partial charge in [0.05, 0.1) is 0 Å². The molecule has 94 valence electrons. The summed E-state index contributed by atoms with van der Waals surface area (Å²) in [5.41, 5.74) is 0. The van der Waals surface area contributed by atoms with Crippen molar-refractivity contribution in [3.05, 3.63) is 0 Å². The number of amides is 1. The van der Waals surface area contributed by atoms with Crippen LogP contribution < -0.4 is 16.0 Å². The predicted octanol–water partition coefficient (Wildman–Crippen LogP) is 0.476. The molecule has 16 heavy (non-hydrogen) atoms. The van der Waals surface area contributed by atoms with Crippen LogP contribution >= 0.6 is 0 Å². The number of aliphatic imine (C=N–C) groups is 1. The number of hydrogen-bond acceptors (Lipinski definition) is 2. The molecule has 0 rings (SSSR count). The Kier molecular flexibility index (Phi) is 8.29. The van der Waals surface area contributed by atoms with Crippen LogP contribution in [0.4, 0.5) is 0 Å². The van der Waals surface area contributed by atoms with Crippen LogP contribution in [0.5, 0.6) is 0 Å². The first kappa shape index (κ1) is 14.7. The highest BCUT2D eigenvalue weighted by Crippen LogP contribution is 1.87. The molecule has 1 amide bonds. The number of carbonyl (C=O) groups excluding carboxylic acids is 1. The first-order valence-electron chi connectivity index (χ1n) is 5.95. The van der Waals surface area contributed by atoms with Crippen molar-refractivity contribution in [2.45, 2.75) is 40.2 Å². The van der Waals surface area contributed by atoms with E-state index in [0.29, 0.717) is 18.5 Å². The molecule has 0 saturated carbocycles. The molecule has 1 unspecified atom stereocenters. The molecule has 0 heterocycles. The maximum absolute atomic E-state index is 11.2. The molecule has 0 aromatic rings. The number of nitrogens with one attached hydrogen (secondary N) is 3. The monoisotopic (exact) mass is 228 g/mol. The Morgan fingerprint density at radius 3 is 2.31 bits per heavy atom. The molecule has 0 bridgehead atoms. The van der Waals surface area contributed by atoms with Gasteiger partial charge >= 0.3 is 0 Å². The zero-order valence-corrected chi connectivity index (χ0v) is 10.8. The Hall–Kier alpha value is -1.26. The number of rotatable bonds is 6. The molecule has 3 N–H and O–H groups in total. The molecule has 0 aliphatic rings. The lowest BCUT2D eigenvalue weighted by molar-refractivity contribution is -0.119. The quantitative estimate of drug-likeness (QED) is 0.457. The average Bonchev–Trinajstić information content (AvgIpc) is 2.26. The second-order valence-electron chi connectivity index (χ2n) is 3.60. The lowest BCUT2D eigenvalue weighted by atomic mass is 10.3. The lowest BCUT2D eigenvalue weighted by Crippen LogP contribution is -2.42. The van der Waals surface area contributed by atoms with E-state index in [1.54, 1.807) is 0 Å². The van der Waals surface area contributed by atoms with Crippen molar-refractivity contribution in [2.75, 3.05) is 19.6 Å². The smallest absolute Gasteiger partial charge is 0.241 e. The van der Waals surface area contributed by atoms with Gasteiger partial charge in [-0.05, 0) is 27.2 Å². The Balaban J connectivity index is 4.17. The van der Waals surface area contributed by atoms with Crippen LogP contribution in [0.15, 0.2) is 4.99 Å². The molecule has 0 aliphatic heterocycles. The molecule has 5 heteroatoms. The van der Waals surface area contributed by atoms with Crippen molar-refractivity contribution in [1.29, 1.82) is 0 Å². The fraction of sp³-hybridized carbons (Fsp3) is 0.818. The van der Waals surface area contributed by atoms with Gasteiger partial charge in [0.2, 0.25) is 5.91 Å². The Morgan fingerprint density at radius 2 is 1.81 bits per heavy atom. The summed E-state index contributed by atoms with van der Waals surface area (Å²) < 4.78 is 0. The molecular weight excluding hydrogens is 204 g/mol. The minimum absolute atomic E-state index is 0.0520. The maximum atomic E-state index is 11.2. The molecule has 0 aromatic carbocycles. The molecule has 0 saturated heterocycles. The van der Waals surface area contributed by atoms with Crippen molar-refractivity contribution in [3.8, 4) is 0 Å². The normalized spacial score (nSPS) is 13.1. The van der Waals surface area contributed by atoms with E-state index in [1.165, 1.54) is 0 Å². The molecule has 5 nitrogen and oxygen atoms in total. The largest absolute Gasteiger partial charge is 0.357 e. The van der Waals surface area contributed by atoms with Crippen molar-refractivity contribution >= 4 is 11.9 Å². The summed E-state index contributed by atoms with van der Waals surface area (Å²) in [4.78, 5) is 15.4. The second-order valence-corrected chi connectivity index (χ2v) is 3.60. The molecule has 0 aliphatic carbocycles. The standard InChI is InChI=1S/C11H24N4O/c1-5-9(4)15-11(13-7-3)14-8-10(16)12-6-2/h9H,5-8H2,1-4H3,(H,12,16)(H2,13,14,15). The molecule has 1 atom stereocenters. The molecule has 0 radical (unpaired) electrons. The number of carbonyl (C=O) groups is 1. The second kappa shape index (κ2) is 9.00. The van der Waals surface area contributed by atoms with Gasteiger partial charge in [-0.3, -0.25) is 4.79 Å². The molecule has 0 spiro atoms. The third-order valence-electron chi connectivity index (χ3n) is 2.09. The summed E-state index contributed by atoms with van der Waals surface area (Å²) in [6.45, 7) is 9.68. The number of hydrogen-bond donors (Lipinski definition) is 3. The number of likely N-dealkylation sites (N-methyl/N-ethyl adjacent to an activating group) is 1. The summed E-state index contributed by atoms with van der Waals surface area (Å²) in [6.07, 6.45) is 1.02. The Labute approximate surface area is 98.1 Å². The summed E-state index contributed by atoms with van der Waals surface area (Å²) in [6, 6.07) is 0.354. The minimum atomic E-state index is -0.0520. The van der Waals surface area contributed by atoms with Gasteiger partial charge in [-0.2, -0.15) is 0 Å². The highest BCUT2D eigenvalue weighted by atomic mass is 16.1. The van der Waals surface area contributed by atoms with Crippen LogP contribution in [-0.4, -0.2) is 37.5 Å². The van der Waals surface area contributed by atoms with E-state index in [1.807, 2.05) is 13.8 Å². The van der Waals surface area contributed by atoms with E-state index in [-0.39, 0.29) is 12.5 Å². The van der Waals surface area contributed by atoms with E-state index in [9.17, 15) is 4.79 Å². The Morgan fingerprint density at radius 1 is 1.19 bits per heavy atom. The SMILES string of the molecule is CCNC(=O)CN=C(NCC)NC(C)CC. The number of nitrogens with zero attached hydrogens (tertiary/aromatic N) is 1. The van der Waals surface area contributed by atoms with Crippen LogP contribution in [-0.2, 0) is 4.79 Å². The maximum Gasteiger partial charge on any atom is 0.241 e. The first-order valence-corrected chi connectivity index (χ1v) is 5.95. The zero-order chi connectivity index (χ0) is 12.4. The lowest BCUT2D eigenvalue weighted by Gasteiger charge is -2.15. The molecule has 0 aromatic heterocycles. The van der Waals surface area contributed by atoms with Crippen molar-refractivity contribution in [1.82, 2.24) is 16.0 Å². The van der Waals surface area contributed by atoms with Gasteiger partial charge < -0.3 is 16.0 Å². The van der Waals surface area contributed by atoms with Gasteiger partial charge in [0.15, 0.2) is 5.96 Å². The van der Waals surface area contributed by atoms with Crippen molar-refractivity contribution in [2.24, 2.45) is 4.99 Å². The topological polar surface area (TPSA) is 65.5 Å². The summed E-state index contributed by atoms with van der Waals surface area (Å²) in [7, 11) is 0. The third kappa shape index (κ3) is 7.09. The first-order chi connectivity index (χ1) is 7.63. The fourth-order valence-electron chi connectivity index (χ4n) is 1.06. The molecule has 0 fully saturated rings. The van der Waals surface area contributed by atoms with Crippen LogP contribution in [0.1, 0.15) is 34.1 Å². The van der Waals surface area contributed by atoms with E-state index < -0.39 is 0 Å². The van der Waals surface area contributed by atoms with Crippen molar-refractivity contribution in [3.63, 3.8) is 0 Å². The summed E-state index contributed by atoms with van der Waals surface area (Å²) >= 11 is 0. The van der Waals surface area contributed by atoms with Gasteiger partial charge in [-0.1, -0.05) is 6.92 Å². The highest BCUT2D eigenvalue weighted by Gasteiger charge is 2.03. The van der Waals surface area contributed by atoms with Crippen LogP contribution in [0, 0.1) is 0 Å². The number of guanidine groups is 1. The van der Waals surface area contributed by atoms with E-state index in [0.717, 1.165) is 13.0 Å². The summed E-state index contributed by atoms with van der Waals surface area (Å²) in [5.74, 6) is 0.645. The molecular formula is C11H24N4O. The highest BCUT2D eigenvalue weighted by molar-refractivity contribution is 5.84.